The first kappa shape index (κ1) is 18.4. The highest BCUT2D eigenvalue weighted by atomic mass is 16.3. The van der Waals surface area contributed by atoms with Gasteiger partial charge in [-0.05, 0) is 49.2 Å². The van der Waals surface area contributed by atoms with Gasteiger partial charge in [0.05, 0.1) is 12.3 Å². The van der Waals surface area contributed by atoms with Crippen LogP contribution in [-0.2, 0) is 6.54 Å². The third kappa shape index (κ3) is 3.98. The van der Waals surface area contributed by atoms with E-state index in [-0.39, 0.29) is 24.0 Å². The molecule has 28 heavy (non-hydrogen) atoms. The molecule has 1 aromatic heterocycles. The summed E-state index contributed by atoms with van der Waals surface area (Å²) in [6, 6.07) is 16.3. The molecule has 0 aliphatic carbocycles. The van der Waals surface area contributed by atoms with Gasteiger partial charge in [0.25, 0.3) is 5.56 Å². The molecule has 0 spiro atoms. The van der Waals surface area contributed by atoms with Crippen molar-refractivity contribution in [3.8, 4) is 28.4 Å². The van der Waals surface area contributed by atoms with Crippen molar-refractivity contribution in [2.75, 3.05) is 13.2 Å². The standard InChI is InChI=1S/C22H23N3O3/c26-14-18-2-1-11-25(18)13-15-3-5-17(6-4-15)22-23-20(12-21(28)24-22)16-7-9-19(27)10-8-16/h3-10,12,18,26-27H,1-2,11,13-14H2,(H,23,24,28)/t18-/m0/s1. The number of nitrogens with one attached hydrogen (secondary N) is 1. The van der Waals surface area contributed by atoms with Crippen molar-refractivity contribution in [3.05, 3.63) is 70.5 Å². The first-order valence-corrected chi connectivity index (χ1v) is 9.47. The fourth-order valence-electron chi connectivity index (χ4n) is 3.69. The van der Waals surface area contributed by atoms with E-state index < -0.39 is 0 Å². The molecule has 144 valence electrons. The molecule has 0 saturated carbocycles. The van der Waals surface area contributed by atoms with E-state index in [1.165, 1.54) is 11.6 Å². The van der Waals surface area contributed by atoms with Crippen molar-refractivity contribution in [2.45, 2.75) is 25.4 Å². The summed E-state index contributed by atoms with van der Waals surface area (Å²) in [6.45, 7) is 2.02. The van der Waals surface area contributed by atoms with Gasteiger partial charge in [0.1, 0.15) is 11.6 Å². The Hall–Kier alpha value is -2.96. The quantitative estimate of drug-likeness (QED) is 0.636. The molecule has 0 radical (unpaired) electrons. The zero-order chi connectivity index (χ0) is 19.5. The largest absolute Gasteiger partial charge is 0.508 e. The Balaban J connectivity index is 1.57. The van der Waals surface area contributed by atoms with Crippen LogP contribution in [0.15, 0.2) is 59.4 Å². The highest BCUT2D eigenvalue weighted by Gasteiger charge is 2.23. The normalized spacial score (nSPS) is 17.1. The Bertz CT molecular complexity index is 997. The highest BCUT2D eigenvalue weighted by molar-refractivity contribution is 5.64. The van der Waals surface area contributed by atoms with Crippen molar-refractivity contribution in [1.29, 1.82) is 0 Å². The molecular weight excluding hydrogens is 354 g/mol. The number of aliphatic hydroxyl groups is 1. The van der Waals surface area contributed by atoms with Crippen molar-refractivity contribution in [3.63, 3.8) is 0 Å². The molecule has 1 atom stereocenters. The molecule has 0 bridgehead atoms. The molecule has 3 aromatic rings. The lowest BCUT2D eigenvalue weighted by Crippen LogP contribution is -2.31. The Kier molecular flexibility index (Phi) is 5.23. The number of aromatic amines is 1. The van der Waals surface area contributed by atoms with E-state index in [2.05, 4.69) is 14.9 Å². The summed E-state index contributed by atoms with van der Waals surface area (Å²) in [5, 5.41) is 18.9. The highest BCUT2D eigenvalue weighted by Crippen LogP contribution is 2.23. The number of rotatable bonds is 5. The summed E-state index contributed by atoms with van der Waals surface area (Å²) >= 11 is 0. The first-order chi connectivity index (χ1) is 13.6. The van der Waals surface area contributed by atoms with Crippen molar-refractivity contribution in [2.24, 2.45) is 0 Å². The van der Waals surface area contributed by atoms with Crippen LogP contribution in [0.3, 0.4) is 0 Å². The molecule has 2 aromatic carbocycles. The van der Waals surface area contributed by atoms with Gasteiger partial charge < -0.3 is 15.2 Å². The van der Waals surface area contributed by atoms with E-state index in [0.29, 0.717) is 11.5 Å². The molecule has 4 rings (SSSR count). The van der Waals surface area contributed by atoms with Crippen LogP contribution in [-0.4, -0.2) is 44.3 Å². The Labute approximate surface area is 163 Å². The topological polar surface area (TPSA) is 89.4 Å². The molecule has 0 amide bonds. The maximum atomic E-state index is 12.1. The second kappa shape index (κ2) is 7.96. The van der Waals surface area contributed by atoms with E-state index in [1.807, 2.05) is 24.3 Å². The molecule has 2 heterocycles. The Morgan fingerprint density at radius 1 is 1.07 bits per heavy atom. The predicted molar refractivity (Wildman–Crippen MR) is 108 cm³/mol. The minimum absolute atomic E-state index is 0.172. The van der Waals surface area contributed by atoms with E-state index in [1.54, 1.807) is 24.3 Å². The maximum Gasteiger partial charge on any atom is 0.251 e. The van der Waals surface area contributed by atoms with Crippen LogP contribution in [0.25, 0.3) is 22.6 Å². The molecule has 1 aliphatic rings. The second-order valence-corrected chi connectivity index (χ2v) is 7.17. The molecule has 0 unspecified atom stereocenters. The van der Waals surface area contributed by atoms with Gasteiger partial charge in [-0.3, -0.25) is 9.69 Å². The first-order valence-electron chi connectivity index (χ1n) is 9.47. The number of H-pyrrole nitrogens is 1. The lowest BCUT2D eigenvalue weighted by Gasteiger charge is -2.22. The number of hydrogen-bond donors (Lipinski definition) is 3. The number of hydrogen-bond acceptors (Lipinski definition) is 5. The number of nitrogens with zero attached hydrogens (tertiary/aromatic N) is 2. The minimum atomic E-state index is -0.222. The number of phenolic OH excluding ortho intramolecular Hbond substituents is 1. The van der Waals surface area contributed by atoms with Gasteiger partial charge in [-0.1, -0.05) is 24.3 Å². The van der Waals surface area contributed by atoms with Crippen LogP contribution in [0.1, 0.15) is 18.4 Å². The zero-order valence-electron chi connectivity index (χ0n) is 15.5. The number of aliphatic hydroxyl groups excluding tert-OH is 1. The third-order valence-electron chi connectivity index (χ3n) is 5.23. The second-order valence-electron chi connectivity index (χ2n) is 7.17. The van der Waals surface area contributed by atoms with Gasteiger partial charge in [-0.15, -0.1) is 0 Å². The summed E-state index contributed by atoms with van der Waals surface area (Å²) in [7, 11) is 0. The van der Waals surface area contributed by atoms with Gasteiger partial charge in [0.2, 0.25) is 0 Å². The molecule has 3 N–H and O–H groups in total. The van der Waals surface area contributed by atoms with Crippen molar-refractivity contribution in [1.82, 2.24) is 14.9 Å². The van der Waals surface area contributed by atoms with Crippen molar-refractivity contribution < 1.29 is 10.2 Å². The SMILES string of the molecule is O=c1cc(-c2ccc(O)cc2)nc(-c2ccc(CN3CCC[C@H]3CO)cc2)[nH]1. The smallest absolute Gasteiger partial charge is 0.251 e. The van der Waals surface area contributed by atoms with E-state index >= 15 is 0 Å². The monoisotopic (exact) mass is 377 g/mol. The van der Waals surface area contributed by atoms with E-state index in [9.17, 15) is 15.0 Å². The lowest BCUT2D eigenvalue weighted by atomic mass is 10.1. The molecular formula is C22H23N3O3. The number of benzene rings is 2. The van der Waals surface area contributed by atoms with E-state index in [0.717, 1.165) is 37.1 Å². The maximum absolute atomic E-state index is 12.1. The van der Waals surface area contributed by atoms with Gasteiger partial charge in [-0.2, -0.15) is 0 Å². The predicted octanol–water partition coefficient (Wildman–Crippen LogP) is 2.77. The van der Waals surface area contributed by atoms with Crippen LogP contribution in [0.5, 0.6) is 5.75 Å². The van der Waals surface area contributed by atoms with Gasteiger partial charge in [0, 0.05) is 29.8 Å². The summed E-state index contributed by atoms with van der Waals surface area (Å²) in [5.41, 5.74) is 3.11. The Morgan fingerprint density at radius 2 is 1.79 bits per heavy atom. The summed E-state index contributed by atoms with van der Waals surface area (Å²) < 4.78 is 0. The fourth-order valence-corrected chi connectivity index (χ4v) is 3.69. The van der Waals surface area contributed by atoms with Crippen LogP contribution < -0.4 is 5.56 Å². The summed E-state index contributed by atoms with van der Waals surface area (Å²) in [6.07, 6.45) is 2.17. The molecule has 6 heteroatoms. The summed E-state index contributed by atoms with van der Waals surface area (Å²) in [4.78, 5) is 21.8. The van der Waals surface area contributed by atoms with Gasteiger partial charge >= 0.3 is 0 Å². The number of likely N-dealkylation sites (tertiary alicyclic amines) is 1. The van der Waals surface area contributed by atoms with Crippen LogP contribution >= 0.6 is 0 Å². The number of aromatic hydroxyl groups is 1. The number of phenols is 1. The van der Waals surface area contributed by atoms with Crippen LogP contribution in [0.2, 0.25) is 0 Å². The number of aromatic nitrogens is 2. The zero-order valence-corrected chi connectivity index (χ0v) is 15.5. The molecule has 1 fully saturated rings. The average Bonchev–Trinajstić information content (AvgIpc) is 3.16. The van der Waals surface area contributed by atoms with Gasteiger partial charge in [-0.25, -0.2) is 4.98 Å². The van der Waals surface area contributed by atoms with Crippen molar-refractivity contribution >= 4 is 0 Å². The molecule has 1 saturated heterocycles. The fraction of sp³-hybridized carbons (Fsp3) is 0.273. The summed E-state index contributed by atoms with van der Waals surface area (Å²) in [5.74, 6) is 0.683. The van der Waals surface area contributed by atoms with Crippen LogP contribution in [0.4, 0.5) is 0 Å². The third-order valence-corrected chi connectivity index (χ3v) is 5.23. The minimum Gasteiger partial charge on any atom is -0.508 e. The molecule has 1 aliphatic heterocycles. The van der Waals surface area contributed by atoms with E-state index in [4.69, 9.17) is 0 Å². The Morgan fingerprint density at radius 3 is 2.50 bits per heavy atom. The average molecular weight is 377 g/mol. The van der Waals surface area contributed by atoms with Crippen LogP contribution in [0, 0.1) is 0 Å². The molecule has 6 nitrogen and oxygen atoms in total. The lowest BCUT2D eigenvalue weighted by molar-refractivity contribution is 0.153. The van der Waals surface area contributed by atoms with Gasteiger partial charge in [0.15, 0.2) is 0 Å².